The second kappa shape index (κ2) is 9.35. The number of hydrogen-bond acceptors (Lipinski definition) is 8. The summed E-state index contributed by atoms with van der Waals surface area (Å²) in [6.07, 6.45) is 5.63. The second-order valence-electron chi connectivity index (χ2n) is 6.47. The normalized spacial score (nSPS) is 10.6. The molecule has 1 amide bonds. The standard InChI is InChI=1S/C21H20N6O3S/c1-29-17-5-3-14(11-18(17)30-2)21-24-15(12-31-21)7-8-23-20(28)16-4-6-19(26-25-16)27-10-9-22-13-27/h3-6,9-13H,7-8H2,1-2H3,(H,23,28). The Morgan fingerprint density at radius 1 is 1.13 bits per heavy atom. The summed E-state index contributed by atoms with van der Waals surface area (Å²) in [5.41, 5.74) is 2.11. The third-order valence-electron chi connectivity index (χ3n) is 4.50. The zero-order valence-electron chi connectivity index (χ0n) is 17.0. The first-order valence-electron chi connectivity index (χ1n) is 9.45. The van der Waals surface area contributed by atoms with Gasteiger partial charge in [-0.3, -0.25) is 9.36 Å². The molecule has 4 aromatic rings. The average Bonchev–Trinajstić information content (AvgIpc) is 3.51. The lowest BCUT2D eigenvalue weighted by atomic mass is 10.2. The van der Waals surface area contributed by atoms with E-state index in [9.17, 15) is 4.79 Å². The Hall–Kier alpha value is -3.79. The van der Waals surface area contributed by atoms with Gasteiger partial charge in [0, 0.05) is 36.3 Å². The fourth-order valence-electron chi connectivity index (χ4n) is 2.90. The summed E-state index contributed by atoms with van der Waals surface area (Å²) < 4.78 is 12.3. The molecule has 0 fully saturated rings. The van der Waals surface area contributed by atoms with Gasteiger partial charge in [-0.05, 0) is 30.3 Å². The third kappa shape index (κ3) is 4.69. The van der Waals surface area contributed by atoms with Crippen molar-refractivity contribution in [3.05, 3.63) is 65.8 Å². The quantitative estimate of drug-likeness (QED) is 0.453. The summed E-state index contributed by atoms with van der Waals surface area (Å²) in [6.45, 7) is 0.443. The molecule has 31 heavy (non-hydrogen) atoms. The van der Waals surface area contributed by atoms with E-state index in [-0.39, 0.29) is 11.6 Å². The van der Waals surface area contributed by atoms with Gasteiger partial charge in [-0.25, -0.2) is 9.97 Å². The Bertz CT molecular complexity index is 1160. The minimum Gasteiger partial charge on any atom is -0.493 e. The van der Waals surface area contributed by atoms with Gasteiger partial charge in [-0.2, -0.15) is 0 Å². The molecule has 0 aliphatic heterocycles. The molecule has 0 aliphatic carbocycles. The number of imidazole rings is 1. The molecule has 1 N–H and O–H groups in total. The van der Waals surface area contributed by atoms with E-state index >= 15 is 0 Å². The van der Waals surface area contributed by atoms with E-state index in [2.05, 4.69) is 25.5 Å². The van der Waals surface area contributed by atoms with Crippen LogP contribution in [0, 0.1) is 0 Å². The summed E-state index contributed by atoms with van der Waals surface area (Å²) in [4.78, 5) is 20.9. The number of carbonyl (C=O) groups excluding carboxylic acids is 1. The van der Waals surface area contributed by atoms with Crippen LogP contribution in [0.3, 0.4) is 0 Å². The highest BCUT2D eigenvalue weighted by molar-refractivity contribution is 7.13. The van der Waals surface area contributed by atoms with Gasteiger partial charge in [0.05, 0.1) is 19.9 Å². The molecular formula is C21H20N6O3S. The van der Waals surface area contributed by atoms with Gasteiger partial charge in [0.25, 0.3) is 5.91 Å². The number of benzene rings is 1. The Balaban J connectivity index is 1.33. The van der Waals surface area contributed by atoms with Crippen LogP contribution < -0.4 is 14.8 Å². The number of nitrogens with one attached hydrogen (secondary N) is 1. The number of nitrogens with zero attached hydrogens (tertiary/aromatic N) is 5. The molecule has 0 bridgehead atoms. The molecule has 0 unspecified atom stereocenters. The molecule has 158 valence electrons. The highest BCUT2D eigenvalue weighted by atomic mass is 32.1. The Kier molecular flexibility index (Phi) is 6.18. The molecule has 0 aliphatic rings. The van der Waals surface area contributed by atoms with Crippen LogP contribution in [0.5, 0.6) is 11.5 Å². The minimum atomic E-state index is -0.278. The zero-order valence-corrected chi connectivity index (χ0v) is 17.8. The molecule has 0 radical (unpaired) electrons. The van der Waals surface area contributed by atoms with Gasteiger partial charge >= 0.3 is 0 Å². The predicted octanol–water partition coefficient (Wildman–Crippen LogP) is 2.78. The van der Waals surface area contributed by atoms with Crippen LogP contribution in [0.25, 0.3) is 16.4 Å². The van der Waals surface area contributed by atoms with Crippen LogP contribution in [0.1, 0.15) is 16.2 Å². The van der Waals surface area contributed by atoms with Crippen molar-refractivity contribution < 1.29 is 14.3 Å². The van der Waals surface area contributed by atoms with Gasteiger partial charge in [-0.1, -0.05) is 0 Å². The van der Waals surface area contributed by atoms with Crippen LogP contribution in [-0.4, -0.2) is 51.4 Å². The SMILES string of the molecule is COc1ccc(-c2nc(CCNC(=O)c3ccc(-n4ccnc4)nn3)cs2)cc1OC. The minimum absolute atomic E-state index is 0.258. The molecule has 0 spiro atoms. The molecule has 0 saturated carbocycles. The molecule has 9 nitrogen and oxygen atoms in total. The Morgan fingerprint density at radius 2 is 2.00 bits per heavy atom. The van der Waals surface area contributed by atoms with Crippen molar-refractivity contribution in [2.75, 3.05) is 20.8 Å². The van der Waals surface area contributed by atoms with E-state index in [0.717, 1.165) is 16.3 Å². The van der Waals surface area contributed by atoms with Gasteiger partial charge < -0.3 is 14.8 Å². The lowest BCUT2D eigenvalue weighted by molar-refractivity contribution is 0.0948. The number of methoxy groups -OCH3 is 2. The van der Waals surface area contributed by atoms with Crippen molar-refractivity contribution in [1.82, 2.24) is 30.0 Å². The highest BCUT2D eigenvalue weighted by Crippen LogP contribution is 2.33. The molecule has 3 heterocycles. The first kappa shape index (κ1) is 20.5. The molecule has 0 atom stereocenters. The van der Waals surface area contributed by atoms with Crippen molar-refractivity contribution in [2.24, 2.45) is 0 Å². The Labute approximate surface area is 182 Å². The molecule has 4 rings (SSSR count). The maximum Gasteiger partial charge on any atom is 0.271 e. The smallest absolute Gasteiger partial charge is 0.271 e. The average molecular weight is 436 g/mol. The first-order chi connectivity index (χ1) is 15.2. The van der Waals surface area contributed by atoms with Crippen molar-refractivity contribution in [2.45, 2.75) is 6.42 Å². The summed E-state index contributed by atoms with van der Waals surface area (Å²) in [5, 5.41) is 13.8. The number of amides is 1. The summed E-state index contributed by atoms with van der Waals surface area (Å²) in [7, 11) is 3.21. The summed E-state index contributed by atoms with van der Waals surface area (Å²) in [6, 6.07) is 9.05. The predicted molar refractivity (Wildman–Crippen MR) is 116 cm³/mol. The molecule has 10 heteroatoms. The first-order valence-corrected chi connectivity index (χ1v) is 10.3. The number of hydrogen-bond donors (Lipinski definition) is 1. The number of thiazole rings is 1. The van der Waals surface area contributed by atoms with Crippen LogP contribution in [0.4, 0.5) is 0 Å². The zero-order chi connectivity index (χ0) is 21.6. The van der Waals surface area contributed by atoms with E-state index in [1.165, 1.54) is 0 Å². The van der Waals surface area contributed by atoms with E-state index in [4.69, 9.17) is 9.47 Å². The maximum atomic E-state index is 12.3. The fourth-order valence-corrected chi connectivity index (χ4v) is 3.75. The van der Waals surface area contributed by atoms with Crippen molar-refractivity contribution in [1.29, 1.82) is 0 Å². The van der Waals surface area contributed by atoms with Gasteiger partial charge in [0.2, 0.25) is 0 Å². The van der Waals surface area contributed by atoms with E-state index < -0.39 is 0 Å². The fraction of sp³-hybridized carbons (Fsp3) is 0.190. The molecular weight excluding hydrogens is 416 g/mol. The molecule has 1 aromatic carbocycles. The van der Waals surface area contributed by atoms with Crippen LogP contribution in [-0.2, 0) is 6.42 Å². The molecule has 0 saturated heterocycles. The van der Waals surface area contributed by atoms with Crippen LogP contribution in [0.15, 0.2) is 54.4 Å². The van der Waals surface area contributed by atoms with Crippen molar-refractivity contribution in [3.8, 4) is 27.9 Å². The monoisotopic (exact) mass is 436 g/mol. The van der Waals surface area contributed by atoms with E-state index in [1.54, 1.807) is 61.0 Å². The van der Waals surface area contributed by atoms with E-state index in [0.29, 0.717) is 30.3 Å². The van der Waals surface area contributed by atoms with Gasteiger partial charge in [0.15, 0.2) is 23.0 Å². The van der Waals surface area contributed by atoms with Crippen LogP contribution >= 0.6 is 11.3 Å². The number of aromatic nitrogens is 5. The molecule has 3 aromatic heterocycles. The topological polar surface area (TPSA) is 104 Å². The van der Waals surface area contributed by atoms with Gasteiger partial charge in [-0.15, -0.1) is 21.5 Å². The van der Waals surface area contributed by atoms with Crippen LogP contribution in [0.2, 0.25) is 0 Å². The number of carbonyl (C=O) groups is 1. The number of rotatable bonds is 8. The lowest BCUT2D eigenvalue weighted by Gasteiger charge is -2.08. The van der Waals surface area contributed by atoms with Gasteiger partial charge in [0.1, 0.15) is 11.3 Å². The maximum absolute atomic E-state index is 12.3. The highest BCUT2D eigenvalue weighted by Gasteiger charge is 2.11. The lowest BCUT2D eigenvalue weighted by Crippen LogP contribution is -2.27. The van der Waals surface area contributed by atoms with E-state index in [1.807, 2.05) is 23.6 Å². The Morgan fingerprint density at radius 3 is 2.71 bits per heavy atom. The largest absolute Gasteiger partial charge is 0.493 e. The van der Waals surface area contributed by atoms with Crippen molar-refractivity contribution >= 4 is 17.2 Å². The number of ether oxygens (including phenoxy) is 2. The second-order valence-corrected chi connectivity index (χ2v) is 7.32. The summed E-state index contributed by atoms with van der Waals surface area (Å²) in [5.74, 6) is 1.65. The third-order valence-corrected chi connectivity index (χ3v) is 5.44. The summed E-state index contributed by atoms with van der Waals surface area (Å²) >= 11 is 1.54. The van der Waals surface area contributed by atoms with Crippen molar-refractivity contribution in [3.63, 3.8) is 0 Å².